The van der Waals surface area contributed by atoms with E-state index in [0.717, 1.165) is 26.3 Å². The van der Waals surface area contributed by atoms with Crippen LogP contribution >= 0.6 is 12.6 Å². The first kappa shape index (κ1) is 9.83. The van der Waals surface area contributed by atoms with Crippen LogP contribution in [0, 0.1) is 0 Å². The maximum Gasteiger partial charge on any atom is 0.234 e. The number of hydrogen-bond donors (Lipinski definition) is 2. The highest BCUT2D eigenvalue weighted by molar-refractivity contribution is 7.80. The Bertz CT molecular complexity index is 148. The van der Waals surface area contributed by atoms with E-state index in [0.29, 0.717) is 12.4 Å². The predicted molar refractivity (Wildman–Crippen MR) is 49.3 cm³/mol. The van der Waals surface area contributed by atoms with Gasteiger partial charge in [-0.2, -0.15) is 12.6 Å². The molecule has 12 heavy (non-hydrogen) atoms. The third kappa shape index (κ3) is 3.42. The van der Waals surface area contributed by atoms with Crippen molar-refractivity contribution in [3.8, 4) is 0 Å². The van der Waals surface area contributed by atoms with Crippen molar-refractivity contribution in [1.29, 1.82) is 0 Å². The number of nitrogens with one attached hydrogen (secondary N) is 1. The topological polar surface area (TPSA) is 41.6 Å². The zero-order valence-corrected chi connectivity index (χ0v) is 7.85. The number of nitrogens with zero attached hydrogens (tertiary/aromatic N) is 1. The summed E-state index contributed by atoms with van der Waals surface area (Å²) in [6.45, 7) is 3.62. The lowest BCUT2D eigenvalue weighted by atomic mass is 10.4. The minimum absolute atomic E-state index is 0.0342. The van der Waals surface area contributed by atoms with Gasteiger partial charge in [0.2, 0.25) is 5.91 Å². The number of hydrogen-bond acceptors (Lipinski definition) is 4. The Morgan fingerprint density at radius 3 is 2.75 bits per heavy atom. The fourth-order valence-corrected chi connectivity index (χ4v) is 1.28. The molecule has 1 fully saturated rings. The van der Waals surface area contributed by atoms with Gasteiger partial charge in [-0.3, -0.25) is 9.69 Å². The number of carbonyl (C=O) groups is 1. The second-order valence-corrected chi connectivity index (χ2v) is 2.96. The van der Waals surface area contributed by atoms with Crippen molar-refractivity contribution in [1.82, 2.24) is 10.2 Å². The van der Waals surface area contributed by atoms with Gasteiger partial charge in [-0.05, 0) is 0 Å². The second kappa shape index (κ2) is 5.40. The van der Waals surface area contributed by atoms with Gasteiger partial charge in [-0.1, -0.05) is 0 Å². The van der Waals surface area contributed by atoms with E-state index in [2.05, 4.69) is 22.8 Å². The lowest BCUT2D eigenvalue weighted by Gasteiger charge is -2.25. The fourth-order valence-electron chi connectivity index (χ4n) is 1.11. The highest BCUT2D eigenvalue weighted by Gasteiger charge is 2.12. The number of carbonyl (C=O) groups excluding carboxylic acids is 1. The molecule has 4 nitrogen and oxygen atoms in total. The van der Waals surface area contributed by atoms with Gasteiger partial charge in [0.1, 0.15) is 0 Å². The Hall–Kier alpha value is -0.260. The summed E-state index contributed by atoms with van der Waals surface area (Å²) >= 11 is 3.90. The van der Waals surface area contributed by atoms with Crippen molar-refractivity contribution in [2.24, 2.45) is 0 Å². The Kier molecular flexibility index (Phi) is 4.42. The quantitative estimate of drug-likeness (QED) is 0.458. The van der Waals surface area contributed by atoms with E-state index >= 15 is 0 Å². The highest BCUT2D eigenvalue weighted by atomic mass is 32.1. The van der Waals surface area contributed by atoms with Crippen molar-refractivity contribution in [3.63, 3.8) is 0 Å². The lowest BCUT2D eigenvalue weighted by Crippen LogP contribution is -2.42. The van der Waals surface area contributed by atoms with Crippen LogP contribution in [0.1, 0.15) is 0 Å². The molecule has 5 heteroatoms. The largest absolute Gasteiger partial charge is 0.379 e. The number of amides is 1. The maximum atomic E-state index is 11.1. The molecule has 1 rings (SSSR count). The molecule has 0 aliphatic carbocycles. The van der Waals surface area contributed by atoms with Gasteiger partial charge in [-0.25, -0.2) is 0 Å². The minimum Gasteiger partial charge on any atom is -0.379 e. The van der Waals surface area contributed by atoms with Crippen molar-refractivity contribution in [2.75, 3.05) is 38.7 Å². The zero-order chi connectivity index (χ0) is 8.81. The fraction of sp³-hybridized carbons (Fsp3) is 0.857. The smallest absolute Gasteiger partial charge is 0.234 e. The molecular weight excluding hydrogens is 176 g/mol. The van der Waals surface area contributed by atoms with Crippen LogP contribution in [0.3, 0.4) is 0 Å². The molecule has 1 amide bonds. The molecule has 0 spiro atoms. The highest BCUT2D eigenvalue weighted by Crippen LogP contribution is 1.95. The van der Waals surface area contributed by atoms with E-state index < -0.39 is 0 Å². The van der Waals surface area contributed by atoms with Crippen molar-refractivity contribution in [3.05, 3.63) is 0 Å². The van der Waals surface area contributed by atoms with E-state index in [1.54, 1.807) is 0 Å². The molecule has 1 heterocycles. The molecule has 0 aromatic heterocycles. The molecule has 1 aliphatic heterocycles. The summed E-state index contributed by atoms with van der Waals surface area (Å²) in [5.41, 5.74) is 0. The molecule has 0 unspecified atom stereocenters. The molecule has 0 atom stereocenters. The number of rotatable bonds is 3. The zero-order valence-electron chi connectivity index (χ0n) is 6.95. The maximum absolute atomic E-state index is 11.1. The van der Waals surface area contributed by atoms with Gasteiger partial charge >= 0.3 is 0 Å². The Morgan fingerprint density at radius 2 is 2.17 bits per heavy atom. The summed E-state index contributed by atoms with van der Waals surface area (Å²) < 4.78 is 5.15. The van der Waals surface area contributed by atoms with Crippen LogP contribution in [-0.4, -0.2) is 49.5 Å². The lowest BCUT2D eigenvalue weighted by molar-refractivity contribution is -0.122. The third-order valence-corrected chi connectivity index (χ3v) is 1.91. The van der Waals surface area contributed by atoms with Crippen LogP contribution in [0.2, 0.25) is 0 Å². The average molecular weight is 190 g/mol. The number of thiol groups is 1. The first-order valence-electron chi connectivity index (χ1n) is 4.00. The average Bonchev–Trinajstić information content (AvgIpc) is 2.06. The molecule has 0 bridgehead atoms. The van der Waals surface area contributed by atoms with Gasteiger partial charge in [0.25, 0.3) is 0 Å². The van der Waals surface area contributed by atoms with Crippen molar-refractivity contribution >= 4 is 18.5 Å². The predicted octanol–water partition coefficient (Wildman–Crippen LogP) is -0.678. The van der Waals surface area contributed by atoms with Crippen LogP contribution in [0.5, 0.6) is 0 Å². The van der Waals surface area contributed by atoms with Crippen LogP contribution in [0.4, 0.5) is 0 Å². The molecule has 1 aliphatic rings. The third-order valence-electron chi connectivity index (χ3n) is 1.75. The van der Waals surface area contributed by atoms with Crippen LogP contribution < -0.4 is 5.32 Å². The molecular formula is C7H14N2O2S. The molecule has 1 saturated heterocycles. The Labute approximate surface area is 77.7 Å². The van der Waals surface area contributed by atoms with E-state index in [1.165, 1.54) is 0 Å². The number of morpholine rings is 1. The van der Waals surface area contributed by atoms with Gasteiger partial charge in [-0.15, -0.1) is 0 Å². The van der Waals surface area contributed by atoms with Crippen LogP contribution in [-0.2, 0) is 9.53 Å². The molecule has 0 saturated carbocycles. The molecule has 0 aromatic carbocycles. The van der Waals surface area contributed by atoms with E-state index in [4.69, 9.17) is 4.74 Å². The van der Waals surface area contributed by atoms with E-state index in [1.807, 2.05) is 0 Å². The van der Waals surface area contributed by atoms with E-state index in [-0.39, 0.29) is 5.91 Å². The van der Waals surface area contributed by atoms with Crippen molar-refractivity contribution in [2.45, 2.75) is 0 Å². The molecule has 0 radical (unpaired) electrons. The summed E-state index contributed by atoms with van der Waals surface area (Å²) in [6, 6.07) is 0. The first-order chi connectivity index (χ1) is 5.83. The summed E-state index contributed by atoms with van der Waals surface area (Å²) in [6.07, 6.45) is 0. The van der Waals surface area contributed by atoms with Gasteiger partial charge < -0.3 is 10.1 Å². The SMILES string of the molecule is O=C(CN1CCOCC1)NCS. The van der Waals surface area contributed by atoms with Gasteiger partial charge in [0.05, 0.1) is 25.6 Å². The van der Waals surface area contributed by atoms with Gasteiger partial charge in [0.15, 0.2) is 0 Å². The molecule has 70 valence electrons. The van der Waals surface area contributed by atoms with E-state index in [9.17, 15) is 4.79 Å². The second-order valence-electron chi connectivity index (χ2n) is 2.65. The van der Waals surface area contributed by atoms with Crippen molar-refractivity contribution < 1.29 is 9.53 Å². The van der Waals surface area contributed by atoms with Gasteiger partial charge in [0, 0.05) is 13.1 Å². The van der Waals surface area contributed by atoms with Crippen LogP contribution in [0.25, 0.3) is 0 Å². The standard InChI is InChI=1S/C7H14N2O2S/c10-7(8-6-12)5-9-1-3-11-4-2-9/h12H,1-6H2,(H,8,10). The Balaban J connectivity index is 2.15. The summed E-state index contributed by atoms with van der Waals surface area (Å²) in [5, 5.41) is 2.64. The summed E-state index contributed by atoms with van der Waals surface area (Å²) in [7, 11) is 0. The monoisotopic (exact) mass is 190 g/mol. The minimum atomic E-state index is 0.0342. The first-order valence-corrected chi connectivity index (χ1v) is 4.64. The summed E-state index contributed by atoms with van der Waals surface area (Å²) in [5.74, 6) is 0.440. The summed E-state index contributed by atoms with van der Waals surface area (Å²) in [4.78, 5) is 13.1. The van der Waals surface area contributed by atoms with Crippen LogP contribution in [0.15, 0.2) is 0 Å². The molecule has 0 aromatic rings. The number of ether oxygens (including phenoxy) is 1. The molecule has 1 N–H and O–H groups in total. The normalized spacial score (nSPS) is 19.1. The Morgan fingerprint density at radius 1 is 1.50 bits per heavy atom.